The van der Waals surface area contributed by atoms with Crippen LogP contribution >= 0.6 is 7.82 Å². The van der Waals surface area contributed by atoms with Gasteiger partial charge >= 0.3 is 59.1 Å². The molecule has 0 unspecified atom stereocenters. The van der Waals surface area contributed by atoms with Crippen LogP contribution in [-0.2, 0) is 9.30 Å². The first kappa shape index (κ1) is 26.3. The molecule has 1 saturated heterocycles. The Hall–Kier alpha value is 0.300. The second kappa shape index (κ2) is 10.7. The molecule has 134 valence electrons. The maximum Gasteiger partial charge on any atom is 1.00 e. The van der Waals surface area contributed by atoms with E-state index in [0.717, 1.165) is 0 Å². The van der Waals surface area contributed by atoms with E-state index in [2.05, 4.69) is 15.0 Å². The van der Waals surface area contributed by atoms with E-state index in [1.165, 1.54) is 17.2 Å². The Labute approximate surface area is 191 Å². The number of rotatable bonds is 2. The Balaban J connectivity index is 0.000000798. The van der Waals surface area contributed by atoms with Crippen molar-refractivity contribution in [3.05, 3.63) is 12.7 Å². The summed E-state index contributed by atoms with van der Waals surface area (Å²) in [5.74, 6) is 0.218. The number of nitrogen functional groups attached to an aromatic ring is 1. The number of aliphatic hydroxyl groups excluding tert-OH is 3. The van der Waals surface area contributed by atoms with Gasteiger partial charge in [0.15, 0.2) is 17.7 Å². The van der Waals surface area contributed by atoms with Gasteiger partial charge in [-0.25, -0.2) is 15.0 Å². The van der Waals surface area contributed by atoms with Crippen molar-refractivity contribution in [1.82, 2.24) is 19.5 Å². The van der Waals surface area contributed by atoms with Gasteiger partial charge in [-0.15, -0.1) is 0 Å². The van der Waals surface area contributed by atoms with E-state index in [4.69, 9.17) is 34.8 Å². The fourth-order valence-electron chi connectivity index (χ4n) is 2.17. The van der Waals surface area contributed by atoms with Crippen molar-refractivity contribution in [3.8, 4) is 0 Å². The smallest absolute Gasteiger partial charge is 0.790 e. The van der Waals surface area contributed by atoms with E-state index in [-0.39, 0.29) is 64.9 Å². The molecule has 1 aliphatic rings. The Morgan fingerprint density at radius 2 is 1.81 bits per heavy atom. The van der Waals surface area contributed by atoms with Gasteiger partial charge in [-0.05, 0) is 0 Å². The van der Waals surface area contributed by atoms with Crippen LogP contribution < -0.4 is 74.6 Å². The predicted octanol–water partition coefficient (Wildman–Crippen LogP) is -10.2. The monoisotopic (exact) mass is 409 g/mol. The minimum Gasteiger partial charge on any atom is -0.790 e. The summed E-state index contributed by atoms with van der Waals surface area (Å²) in [5.41, 5.74) is 6.44. The van der Waals surface area contributed by atoms with Crippen molar-refractivity contribution in [2.24, 2.45) is 0 Å². The van der Waals surface area contributed by atoms with Gasteiger partial charge in [-0.3, -0.25) is 4.57 Å². The second-order valence-electron chi connectivity index (χ2n) is 4.78. The average molecular weight is 409 g/mol. The standard InChI is InChI=1S/C10H13N5O4.2Na.H3O4P/c11-8-5-9(13-2-12-8)15(3-14-5)10-7(18)6(17)4(1-16)19-10;;;1-5(2,3)4/h2-4,6-7,10,16-18H,1H2,(H2,11,12,13);;;(H3,1,2,3,4)/q;2*+1;/p-2/t4-,6-,7-,10-;;;/m1.../s1. The molecule has 16 heteroatoms. The number of aromatic nitrogens is 4. The number of fused-ring (bicyclic) bond motifs is 1. The van der Waals surface area contributed by atoms with Crippen LogP contribution in [0.1, 0.15) is 6.23 Å². The van der Waals surface area contributed by atoms with Crippen molar-refractivity contribution in [1.29, 1.82) is 0 Å². The zero-order valence-corrected chi connectivity index (χ0v) is 18.8. The van der Waals surface area contributed by atoms with E-state index >= 15 is 0 Å². The summed E-state index contributed by atoms with van der Waals surface area (Å²) >= 11 is 0. The van der Waals surface area contributed by atoms with E-state index in [1.807, 2.05) is 0 Å². The number of nitrogens with two attached hydrogens (primary N) is 1. The van der Waals surface area contributed by atoms with E-state index in [0.29, 0.717) is 11.2 Å². The number of hydrogen-bond donors (Lipinski definition) is 5. The van der Waals surface area contributed by atoms with Gasteiger partial charge in [0.2, 0.25) is 0 Å². The predicted molar refractivity (Wildman–Crippen MR) is 72.6 cm³/mol. The molecule has 13 nitrogen and oxygen atoms in total. The van der Waals surface area contributed by atoms with Crippen LogP contribution in [0.15, 0.2) is 12.7 Å². The van der Waals surface area contributed by atoms with Crippen LogP contribution in [0.3, 0.4) is 0 Å². The molecule has 0 amide bonds. The molecule has 4 atom stereocenters. The molecule has 26 heavy (non-hydrogen) atoms. The normalized spacial score (nSPS) is 25.0. The van der Waals surface area contributed by atoms with Crippen LogP contribution in [0, 0.1) is 0 Å². The Morgan fingerprint density at radius 1 is 1.23 bits per heavy atom. The number of imidazole rings is 1. The number of aliphatic hydroxyl groups is 3. The number of phosphoric acid groups is 1. The van der Waals surface area contributed by atoms with Crippen LogP contribution in [0.4, 0.5) is 5.82 Å². The van der Waals surface area contributed by atoms with Crippen molar-refractivity contribution in [2.45, 2.75) is 24.5 Å². The molecule has 0 aromatic carbocycles. The van der Waals surface area contributed by atoms with Gasteiger partial charge in [0.1, 0.15) is 30.2 Å². The summed E-state index contributed by atoms with van der Waals surface area (Å²) in [4.78, 5) is 36.2. The number of ether oxygens (including phenoxy) is 1. The molecular formula is C10H14N5Na2O8P. The summed E-state index contributed by atoms with van der Waals surface area (Å²) in [6.07, 6.45) is -1.42. The maximum atomic E-state index is 9.95. The molecular weight excluding hydrogens is 395 g/mol. The topological polar surface area (TPSA) is 223 Å². The molecule has 0 spiro atoms. The first-order chi connectivity index (χ1) is 11.1. The fraction of sp³-hybridized carbons (Fsp3) is 0.500. The summed E-state index contributed by atoms with van der Waals surface area (Å²) < 4.78 is 15.5. The SMILES string of the molecule is Nc1ncnc2c1ncn2[C@@H]1O[C@H](CO)[C@@H](O)[C@H]1O.O=P([O-])([O-])O.[Na+].[Na+]. The van der Waals surface area contributed by atoms with Gasteiger partial charge in [-0.1, -0.05) is 0 Å². The zero-order valence-electron chi connectivity index (χ0n) is 13.9. The van der Waals surface area contributed by atoms with Crippen molar-refractivity contribution < 1.29 is 98.4 Å². The van der Waals surface area contributed by atoms with E-state index < -0.39 is 39.0 Å². The first-order valence-electron chi connectivity index (χ1n) is 6.43. The van der Waals surface area contributed by atoms with E-state index in [1.54, 1.807) is 0 Å². The number of hydrogen-bond acceptors (Lipinski definition) is 11. The molecule has 0 radical (unpaired) electrons. The third-order valence-corrected chi connectivity index (χ3v) is 3.18. The molecule has 0 aliphatic carbocycles. The van der Waals surface area contributed by atoms with E-state index in [9.17, 15) is 10.2 Å². The molecule has 3 rings (SSSR count). The Bertz CT molecular complexity index is 752. The average Bonchev–Trinajstić information content (AvgIpc) is 3.01. The molecule has 0 bridgehead atoms. The Kier molecular flexibility index (Phi) is 10.9. The molecule has 2 aromatic rings. The van der Waals surface area contributed by atoms with Crippen LogP contribution in [0.5, 0.6) is 0 Å². The first-order valence-corrected chi connectivity index (χ1v) is 7.93. The molecule has 3 heterocycles. The van der Waals surface area contributed by atoms with Gasteiger partial charge in [0.25, 0.3) is 0 Å². The summed E-state index contributed by atoms with van der Waals surface area (Å²) in [7, 11) is -5.14. The third-order valence-electron chi connectivity index (χ3n) is 3.18. The summed E-state index contributed by atoms with van der Waals surface area (Å²) in [6, 6.07) is 0. The van der Waals surface area contributed by atoms with Crippen LogP contribution in [-0.4, -0.2) is 64.7 Å². The van der Waals surface area contributed by atoms with Gasteiger partial charge in [-0.2, -0.15) is 0 Å². The molecule has 0 saturated carbocycles. The second-order valence-corrected chi connectivity index (χ2v) is 5.72. The molecule has 2 aromatic heterocycles. The zero-order chi connectivity index (χ0) is 18.1. The van der Waals surface area contributed by atoms with Crippen molar-refractivity contribution in [3.63, 3.8) is 0 Å². The quantitative estimate of drug-likeness (QED) is 0.230. The molecule has 1 fully saturated rings. The van der Waals surface area contributed by atoms with Crippen LogP contribution in [0.25, 0.3) is 11.2 Å². The molecule has 1 aliphatic heterocycles. The van der Waals surface area contributed by atoms with Gasteiger partial charge in [0.05, 0.1) is 20.8 Å². The van der Waals surface area contributed by atoms with Gasteiger partial charge in [0, 0.05) is 0 Å². The summed E-state index contributed by atoms with van der Waals surface area (Å²) in [5, 5.41) is 28.7. The third kappa shape index (κ3) is 6.43. The fourth-order valence-corrected chi connectivity index (χ4v) is 2.17. The minimum absolute atomic E-state index is 0. The number of nitrogens with zero attached hydrogens (tertiary/aromatic N) is 4. The van der Waals surface area contributed by atoms with Crippen LogP contribution in [0.2, 0.25) is 0 Å². The Morgan fingerprint density at radius 3 is 2.31 bits per heavy atom. The largest absolute Gasteiger partial charge is 1.00 e. The van der Waals surface area contributed by atoms with Crippen molar-refractivity contribution in [2.75, 3.05) is 12.3 Å². The van der Waals surface area contributed by atoms with Gasteiger partial charge < -0.3 is 45.0 Å². The minimum atomic E-state index is -5.14. The van der Waals surface area contributed by atoms with Crippen molar-refractivity contribution >= 4 is 24.8 Å². The molecule has 6 N–H and O–H groups in total. The number of anilines is 1. The summed E-state index contributed by atoms with van der Waals surface area (Å²) in [6.45, 7) is -0.390. The maximum absolute atomic E-state index is 9.95.